The Morgan fingerprint density at radius 1 is 1.15 bits per heavy atom. The highest BCUT2D eigenvalue weighted by Gasteiger charge is 2.77. The summed E-state index contributed by atoms with van der Waals surface area (Å²) in [4.78, 5) is 30.8. The molecule has 55 heavy (non-hydrogen) atoms. The number of aromatic hydroxyl groups is 1. The van der Waals surface area contributed by atoms with Crippen LogP contribution >= 0.6 is 0 Å². The first-order valence-corrected chi connectivity index (χ1v) is 18.9. The number of aromatic nitrogens is 3. The number of nitrogens with zero attached hydrogens (tertiary/aromatic N) is 5. The summed E-state index contributed by atoms with van der Waals surface area (Å²) in [6.07, 6.45) is 9.91. The van der Waals surface area contributed by atoms with Gasteiger partial charge in [-0.3, -0.25) is 14.7 Å². The minimum Gasteiger partial charge on any atom is -0.508 e. The zero-order valence-corrected chi connectivity index (χ0v) is 30.9. The van der Waals surface area contributed by atoms with Crippen molar-refractivity contribution < 1.29 is 36.9 Å². The Morgan fingerprint density at radius 2 is 1.95 bits per heavy atom. The number of carbonyl (C=O) groups excluding carboxylic acids is 1. The third-order valence-electron chi connectivity index (χ3n) is 12.9. The average Bonchev–Trinajstić information content (AvgIpc) is 3.45. The second kappa shape index (κ2) is 12.4. The maximum Gasteiger partial charge on any atom is 0.319 e. The van der Waals surface area contributed by atoms with Gasteiger partial charge in [0, 0.05) is 49.2 Å². The number of halogens is 4. The summed E-state index contributed by atoms with van der Waals surface area (Å²) in [5, 5.41) is 15.2. The van der Waals surface area contributed by atoms with Crippen molar-refractivity contribution >= 4 is 33.5 Å². The first-order valence-electron chi connectivity index (χ1n) is 18.9. The molecule has 288 valence electrons. The van der Waals surface area contributed by atoms with Crippen LogP contribution < -0.4 is 15.0 Å². The van der Waals surface area contributed by atoms with Gasteiger partial charge in [0.2, 0.25) is 0 Å². The molecular formula is C41H42F4N6O4. The summed E-state index contributed by atoms with van der Waals surface area (Å²) in [6, 6.07) is 5.22. The summed E-state index contributed by atoms with van der Waals surface area (Å²) in [5.74, 6) is -2.36. The SMILES string of the molecule is C#Cc1c(F)ccc2cc(O)cc(-c3ncc4c(N5C[C@@H]6CC[C@](C(C)OC(=O)C(C)C)(C5)N6)nc(OC[C@@]56CCCN5C[C@@]5(CC5(F)F)C6)nc4c3F)c12. The van der Waals surface area contributed by atoms with E-state index in [-0.39, 0.29) is 75.8 Å². The van der Waals surface area contributed by atoms with Crippen molar-refractivity contribution in [1.29, 1.82) is 0 Å². The molecule has 5 atom stereocenters. The zero-order chi connectivity index (χ0) is 38.7. The van der Waals surface area contributed by atoms with Crippen molar-refractivity contribution in [3.8, 4) is 35.4 Å². The molecule has 1 spiro atoms. The van der Waals surface area contributed by atoms with Crippen LogP contribution in [0.25, 0.3) is 32.9 Å². The predicted molar refractivity (Wildman–Crippen MR) is 197 cm³/mol. The number of benzene rings is 2. The quantitative estimate of drug-likeness (QED) is 0.120. The second-order valence-corrected chi connectivity index (χ2v) is 16.7. The summed E-state index contributed by atoms with van der Waals surface area (Å²) in [5.41, 5.74) is -2.67. The minimum absolute atomic E-state index is 0.0111. The molecule has 2 N–H and O–H groups in total. The van der Waals surface area contributed by atoms with Crippen molar-refractivity contribution in [2.45, 2.75) is 88.4 Å². The molecule has 4 aromatic rings. The molecule has 2 aromatic heterocycles. The van der Waals surface area contributed by atoms with Crippen LogP contribution in [0.1, 0.15) is 64.9 Å². The monoisotopic (exact) mass is 758 g/mol. The third kappa shape index (κ3) is 5.59. The van der Waals surface area contributed by atoms with Gasteiger partial charge < -0.3 is 24.8 Å². The van der Waals surface area contributed by atoms with Crippen LogP contribution in [0.4, 0.5) is 23.4 Å². The predicted octanol–water partition coefficient (Wildman–Crippen LogP) is 6.35. The van der Waals surface area contributed by atoms with Crippen LogP contribution in [0.3, 0.4) is 0 Å². The normalized spacial score (nSPS) is 28.6. The van der Waals surface area contributed by atoms with Crippen LogP contribution in [-0.2, 0) is 9.53 Å². The molecule has 1 saturated carbocycles. The van der Waals surface area contributed by atoms with E-state index < -0.39 is 40.2 Å². The Balaban J connectivity index is 1.15. The van der Waals surface area contributed by atoms with Gasteiger partial charge in [0.1, 0.15) is 41.3 Å². The molecule has 6 heterocycles. The Hall–Kier alpha value is -4.74. The smallest absolute Gasteiger partial charge is 0.319 e. The highest BCUT2D eigenvalue weighted by atomic mass is 19.3. The number of carbonyl (C=O) groups is 1. The fraction of sp³-hybridized carbons (Fsp3) is 0.512. The van der Waals surface area contributed by atoms with Gasteiger partial charge in [0.15, 0.2) is 5.82 Å². The Bertz CT molecular complexity index is 2320. The van der Waals surface area contributed by atoms with Crippen LogP contribution in [-0.4, -0.2) is 92.9 Å². The molecule has 0 amide bonds. The lowest BCUT2D eigenvalue weighted by Crippen LogP contribution is -2.65. The van der Waals surface area contributed by atoms with Crippen LogP contribution in [0.2, 0.25) is 0 Å². The molecule has 9 rings (SSSR count). The Morgan fingerprint density at radius 3 is 2.69 bits per heavy atom. The molecule has 4 aliphatic heterocycles. The number of piperazine rings is 1. The van der Waals surface area contributed by atoms with E-state index in [2.05, 4.69) is 26.1 Å². The number of alkyl halides is 2. The van der Waals surface area contributed by atoms with Crippen molar-refractivity contribution in [2.75, 3.05) is 37.7 Å². The number of hydrogen-bond donors (Lipinski definition) is 2. The summed E-state index contributed by atoms with van der Waals surface area (Å²) >= 11 is 0. The number of hydrogen-bond acceptors (Lipinski definition) is 10. The lowest BCUT2D eigenvalue weighted by Gasteiger charge is -2.45. The number of rotatable bonds is 8. The first-order chi connectivity index (χ1) is 26.2. The molecule has 0 radical (unpaired) electrons. The van der Waals surface area contributed by atoms with Gasteiger partial charge in [-0.1, -0.05) is 25.8 Å². The molecular weight excluding hydrogens is 716 g/mol. The van der Waals surface area contributed by atoms with Gasteiger partial charge >= 0.3 is 12.0 Å². The van der Waals surface area contributed by atoms with Gasteiger partial charge in [0.25, 0.3) is 5.92 Å². The topological polar surface area (TPSA) is 113 Å². The maximum absolute atomic E-state index is 17.2. The molecule has 5 aliphatic rings. The molecule has 10 nitrogen and oxygen atoms in total. The van der Waals surface area contributed by atoms with E-state index in [0.717, 1.165) is 19.3 Å². The average molecular weight is 759 g/mol. The third-order valence-corrected chi connectivity index (χ3v) is 12.9. The number of esters is 1. The van der Waals surface area contributed by atoms with Crippen molar-refractivity contribution in [3.63, 3.8) is 0 Å². The largest absolute Gasteiger partial charge is 0.508 e. The Kier molecular flexibility index (Phi) is 8.09. The molecule has 1 unspecified atom stereocenters. The molecule has 1 aliphatic carbocycles. The van der Waals surface area contributed by atoms with Gasteiger partial charge in [-0.2, -0.15) is 9.97 Å². The summed E-state index contributed by atoms with van der Waals surface area (Å²) in [7, 11) is 0. The fourth-order valence-corrected chi connectivity index (χ4v) is 9.87. The molecule has 5 fully saturated rings. The second-order valence-electron chi connectivity index (χ2n) is 16.7. The number of fused-ring (bicyclic) bond motifs is 5. The molecule has 4 saturated heterocycles. The molecule has 14 heteroatoms. The Labute approximate surface area is 315 Å². The highest BCUT2D eigenvalue weighted by Crippen LogP contribution is 2.69. The standard InChI is InChI=1S/C41H42F4N6O4/c1-5-27-30(42)8-7-24-13-26(52)14-28(31(24)27)33-32(43)34-29(15-46-33)35(50-16-25-9-11-40(20-50,49-25)23(4)55-36(53)22(2)3)48-37(47-34)54-21-39-10-6-12-51(39)19-38(17-39)18-41(38,44)45/h1,7-8,13-15,22-23,25,49,52H,6,9-12,16-21H2,2-4H3/t23?,25-,38-,39-,40+/m0/s1. The summed E-state index contributed by atoms with van der Waals surface area (Å²) < 4.78 is 73.7. The number of ether oxygens (including phenoxy) is 2. The van der Waals surface area contributed by atoms with Crippen molar-refractivity contribution in [3.05, 3.63) is 47.7 Å². The van der Waals surface area contributed by atoms with Crippen LogP contribution in [0, 0.1) is 35.3 Å². The molecule has 2 bridgehead atoms. The minimum atomic E-state index is -2.71. The van der Waals surface area contributed by atoms with Gasteiger partial charge in [0.05, 0.1) is 33.4 Å². The number of phenols is 1. The van der Waals surface area contributed by atoms with E-state index >= 15 is 8.78 Å². The molecule has 2 aromatic carbocycles. The van der Waals surface area contributed by atoms with Gasteiger partial charge in [-0.05, 0) is 69.2 Å². The number of pyridine rings is 1. The van der Waals surface area contributed by atoms with E-state index in [1.807, 2.05) is 11.8 Å². The number of nitrogens with one attached hydrogen (secondary N) is 1. The maximum atomic E-state index is 17.2. The van der Waals surface area contributed by atoms with Crippen molar-refractivity contribution in [2.24, 2.45) is 11.3 Å². The van der Waals surface area contributed by atoms with Gasteiger partial charge in [-0.15, -0.1) is 6.42 Å². The number of phenolic OH excluding ortho intramolecular Hbond substituents is 1. The highest BCUT2D eigenvalue weighted by molar-refractivity contribution is 6.03. The summed E-state index contributed by atoms with van der Waals surface area (Å²) in [6.45, 7) is 7.34. The van der Waals surface area contributed by atoms with Gasteiger partial charge in [-0.25, -0.2) is 17.6 Å². The van der Waals surface area contributed by atoms with E-state index in [4.69, 9.17) is 20.9 Å². The number of terminal acetylenes is 1. The van der Waals surface area contributed by atoms with Crippen LogP contribution in [0.15, 0.2) is 30.5 Å². The van der Waals surface area contributed by atoms with Crippen LogP contribution in [0.5, 0.6) is 11.8 Å². The zero-order valence-electron chi connectivity index (χ0n) is 30.9. The first kappa shape index (κ1) is 35.9. The number of anilines is 1. The fourth-order valence-electron chi connectivity index (χ4n) is 9.87. The van der Waals surface area contributed by atoms with E-state index in [0.29, 0.717) is 50.2 Å². The lowest BCUT2D eigenvalue weighted by molar-refractivity contribution is -0.156. The lowest BCUT2D eigenvalue weighted by atomic mass is 9.89. The van der Waals surface area contributed by atoms with E-state index in [1.165, 1.54) is 30.5 Å². The van der Waals surface area contributed by atoms with E-state index in [9.17, 15) is 18.7 Å². The van der Waals surface area contributed by atoms with Crippen molar-refractivity contribution in [1.82, 2.24) is 25.2 Å². The van der Waals surface area contributed by atoms with E-state index in [1.54, 1.807) is 13.8 Å².